The van der Waals surface area contributed by atoms with E-state index in [1.807, 2.05) is 0 Å². The number of nitrogen functional groups attached to an aromatic ring is 1. The van der Waals surface area contributed by atoms with E-state index in [1.54, 1.807) is 0 Å². The molecule has 1 fully saturated rings. The van der Waals surface area contributed by atoms with Crippen molar-refractivity contribution in [2.75, 3.05) is 12.3 Å². The van der Waals surface area contributed by atoms with Gasteiger partial charge in [0.25, 0.3) is 5.56 Å². The number of hydrogen-bond donors (Lipinski definition) is 4. The number of H-pyrrole nitrogens is 1. The zero-order valence-corrected chi connectivity index (χ0v) is 10.6. The first-order valence-corrected chi connectivity index (χ1v) is 6.16. The minimum Gasteiger partial charge on any atom is -0.396 e. The Morgan fingerprint density at radius 3 is 3.10 bits per heavy atom. The monoisotopic (exact) mass is 278 g/mol. The van der Waals surface area contributed by atoms with Gasteiger partial charge >= 0.3 is 0 Å². The van der Waals surface area contributed by atoms with Crippen molar-refractivity contribution in [1.29, 1.82) is 0 Å². The standard InChI is InChI=1S/C12H15N5O3/c1-5-6(3-18)8(19)2-7(5)17-4-14-9-10(17)15-12(13)16-11(9)20/h4,6-8,18-19H,1-3H2,(H3,13,15,16,20)/t6-,7-,8-/m0/s1/i4D. The Balaban J connectivity index is 2.20. The molecule has 2 aromatic heterocycles. The highest BCUT2D eigenvalue weighted by molar-refractivity contribution is 5.70. The van der Waals surface area contributed by atoms with E-state index < -0.39 is 23.6 Å². The molecule has 106 valence electrons. The topological polar surface area (TPSA) is 130 Å². The Kier molecular flexibility index (Phi) is 2.57. The third kappa shape index (κ3) is 1.73. The highest BCUT2D eigenvalue weighted by Gasteiger charge is 2.37. The molecule has 1 saturated carbocycles. The lowest BCUT2D eigenvalue weighted by molar-refractivity contribution is 0.101. The largest absolute Gasteiger partial charge is 0.396 e. The van der Waals surface area contributed by atoms with E-state index >= 15 is 0 Å². The first kappa shape index (κ1) is 11.6. The van der Waals surface area contributed by atoms with Crippen molar-refractivity contribution in [3.63, 3.8) is 0 Å². The van der Waals surface area contributed by atoms with Crippen LogP contribution in [-0.2, 0) is 0 Å². The summed E-state index contributed by atoms with van der Waals surface area (Å²) in [6.07, 6.45) is -0.648. The summed E-state index contributed by atoms with van der Waals surface area (Å²) in [5, 5.41) is 19.3. The second-order valence-electron chi connectivity index (χ2n) is 4.89. The van der Waals surface area contributed by atoms with Gasteiger partial charge in [0.1, 0.15) is 1.37 Å². The fourth-order valence-electron chi connectivity index (χ4n) is 2.66. The van der Waals surface area contributed by atoms with Crippen LogP contribution in [0.4, 0.5) is 5.95 Å². The molecule has 0 aliphatic heterocycles. The van der Waals surface area contributed by atoms with Crippen LogP contribution in [0.15, 0.2) is 23.2 Å². The average Bonchev–Trinajstić information content (AvgIpc) is 2.87. The van der Waals surface area contributed by atoms with Crippen LogP contribution in [0.5, 0.6) is 0 Å². The van der Waals surface area contributed by atoms with Gasteiger partial charge < -0.3 is 20.5 Å². The van der Waals surface area contributed by atoms with Crippen molar-refractivity contribution >= 4 is 17.1 Å². The number of nitrogens with two attached hydrogens (primary N) is 1. The Morgan fingerprint density at radius 2 is 2.45 bits per heavy atom. The molecule has 5 N–H and O–H groups in total. The molecular weight excluding hydrogens is 262 g/mol. The molecule has 1 aliphatic carbocycles. The van der Waals surface area contributed by atoms with Gasteiger partial charge in [-0.3, -0.25) is 9.78 Å². The number of rotatable bonds is 2. The van der Waals surface area contributed by atoms with Crippen LogP contribution in [0.25, 0.3) is 11.2 Å². The van der Waals surface area contributed by atoms with Gasteiger partial charge in [0.15, 0.2) is 11.2 Å². The quantitative estimate of drug-likeness (QED) is 0.531. The van der Waals surface area contributed by atoms with E-state index in [-0.39, 0.29) is 36.4 Å². The number of hydrogen-bond acceptors (Lipinski definition) is 6. The summed E-state index contributed by atoms with van der Waals surface area (Å²) in [5.74, 6) is -0.539. The maximum atomic E-state index is 11.8. The summed E-state index contributed by atoms with van der Waals surface area (Å²) in [6, 6.07) is -0.455. The summed E-state index contributed by atoms with van der Waals surface area (Å²) in [4.78, 5) is 22.0. The van der Waals surface area contributed by atoms with Crippen molar-refractivity contribution < 1.29 is 11.6 Å². The van der Waals surface area contributed by atoms with Crippen molar-refractivity contribution in [1.82, 2.24) is 19.5 Å². The first-order valence-electron chi connectivity index (χ1n) is 6.66. The normalized spacial score (nSPS) is 27.2. The van der Waals surface area contributed by atoms with E-state index in [1.165, 1.54) is 4.57 Å². The number of fused-ring (bicyclic) bond motifs is 1. The van der Waals surface area contributed by atoms with Crippen molar-refractivity contribution in [3.05, 3.63) is 28.8 Å². The first-order chi connectivity index (χ1) is 9.93. The molecule has 3 rings (SSSR count). The number of imidazole rings is 1. The number of aromatic nitrogens is 4. The van der Waals surface area contributed by atoms with Gasteiger partial charge in [0.05, 0.1) is 25.1 Å². The molecule has 0 amide bonds. The van der Waals surface area contributed by atoms with Gasteiger partial charge in [-0.05, 0) is 12.0 Å². The molecule has 2 aromatic rings. The van der Waals surface area contributed by atoms with Crippen LogP contribution in [-0.4, -0.2) is 42.4 Å². The van der Waals surface area contributed by atoms with E-state index in [4.69, 9.17) is 7.10 Å². The molecule has 2 heterocycles. The highest BCUT2D eigenvalue weighted by atomic mass is 16.3. The molecule has 0 bridgehead atoms. The predicted octanol–water partition coefficient (Wildman–Crippen LogP) is -0.828. The van der Waals surface area contributed by atoms with Gasteiger partial charge in [-0.1, -0.05) is 6.58 Å². The summed E-state index contributed by atoms with van der Waals surface area (Å²) >= 11 is 0. The van der Waals surface area contributed by atoms with E-state index in [0.29, 0.717) is 5.57 Å². The Bertz CT molecular complexity index is 783. The summed E-state index contributed by atoms with van der Waals surface area (Å²) in [7, 11) is 0. The van der Waals surface area contributed by atoms with Gasteiger partial charge in [0, 0.05) is 5.92 Å². The predicted molar refractivity (Wildman–Crippen MR) is 71.9 cm³/mol. The Labute approximate surface area is 115 Å². The molecule has 0 aromatic carbocycles. The fraction of sp³-hybridized carbons (Fsp3) is 0.417. The number of anilines is 1. The summed E-state index contributed by atoms with van der Waals surface area (Å²) < 4.78 is 9.36. The lowest BCUT2D eigenvalue weighted by Crippen LogP contribution is -2.17. The minimum absolute atomic E-state index is 0.0175. The third-order valence-electron chi connectivity index (χ3n) is 3.73. The minimum atomic E-state index is -0.760. The molecule has 3 atom stereocenters. The molecular formula is C12H15N5O3. The lowest BCUT2D eigenvalue weighted by atomic mass is 10.0. The maximum Gasteiger partial charge on any atom is 0.280 e. The number of aromatic amines is 1. The molecule has 0 radical (unpaired) electrons. The zero-order valence-electron chi connectivity index (χ0n) is 11.6. The molecule has 20 heavy (non-hydrogen) atoms. The second kappa shape index (κ2) is 4.43. The van der Waals surface area contributed by atoms with Gasteiger partial charge in [-0.15, -0.1) is 0 Å². The fourth-order valence-corrected chi connectivity index (χ4v) is 2.66. The van der Waals surface area contributed by atoms with Crippen LogP contribution in [0.2, 0.25) is 0 Å². The maximum absolute atomic E-state index is 11.8. The SMILES string of the molecule is [2H]c1nc2c(=O)[nH]c(N)nc2n1[C@H]1C[C@H](O)[C@@H](CO)C1=C. The van der Waals surface area contributed by atoms with Crippen LogP contribution in [0.1, 0.15) is 13.8 Å². The highest BCUT2D eigenvalue weighted by Crippen LogP contribution is 2.39. The summed E-state index contributed by atoms with van der Waals surface area (Å²) in [5.41, 5.74) is 5.79. The zero-order chi connectivity index (χ0) is 15.3. The molecule has 1 aliphatic rings. The van der Waals surface area contributed by atoms with Gasteiger partial charge in [0.2, 0.25) is 5.95 Å². The molecule has 8 heteroatoms. The van der Waals surface area contributed by atoms with Crippen molar-refractivity contribution in [2.45, 2.75) is 18.6 Å². The number of aliphatic hydroxyl groups excluding tert-OH is 2. The molecule has 0 unspecified atom stereocenters. The van der Waals surface area contributed by atoms with Crippen molar-refractivity contribution in [2.24, 2.45) is 5.92 Å². The number of nitrogens with one attached hydrogen (secondary N) is 1. The molecule has 0 spiro atoms. The summed E-state index contributed by atoms with van der Waals surface area (Å²) in [6.45, 7) is 3.66. The van der Waals surface area contributed by atoms with Crippen LogP contribution >= 0.6 is 0 Å². The van der Waals surface area contributed by atoms with Crippen LogP contribution < -0.4 is 11.3 Å². The van der Waals surface area contributed by atoms with E-state index in [9.17, 15) is 15.0 Å². The van der Waals surface area contributed by atoms with Crippen LogP contribution in [0.3, 0.4) is 0 Å². The molecule has 0 saturated heterocycles. The number of aliphatic hydroxyl groups is 2. The smallest absolute Gasteiger partial charge is 0.280 e. The lowest BCUT2D eigenvalue weighted by Gasteiger charge is -2.15. The van der Waals surface area contributed by atoms with Gasteiger partial charge in [-0.2, -0.15) is 4.98 Å². The third-order valence-corrected chi connectivity index (χ3v) is 3.73. The second-order valence-corrected chi connectivity index (χ2v) is 4.89. The average molecular weight is 278 g/mol. The van der Waals surface area contributed by atoms with E-state index in [0.717, 1.165) is 0 Å². The number of nitrogens with zero attached hydrogens (tertiary/aromatic N) is 3. The molecule has 8 nitrogen and oxygen atoms in total. The van der Waals surface area contributed by atoms with E-state index in [2.05, 4.69) is 21.5 Å². The Hall–Kier alpha value is -2.19. The van der Waals surface area contributed by atoms with Gasteiger partial charge in [-0.25, -0.2) is 4.98 Å². The van der Waals surface area contributed by atoms with Crippen LogP contribution in [0, 0.1) is 5.92 Å². The van der Waals surface area contributed by atoms with Crippen molar-refractivity contribution in [3.8, 4) is 0 Å². The Morgan fingerprint density at radius 1 is 1.70 bits per heavy atom.